The second-order valence-corrected chi connectivity index (χ2v) is 7.53. The van der Waals surface area contributed by atoms with Crippen LogP contribution in [0.25, 0.3) is 0 Å². The lowest BCUT2D eigenvalue weighted by Gasteiger charge is -2.43. The molecule has 1 aromatic heterocycles. The third-order valence-corrected chi connectivity index (χ3v) is 5.97. The van der Waals surface area contributed by atoms with Crippen LogP contribution in [-0.2, 0) is 11.8 Å². The summed E-state index contributed by atoms with van der Waals surface area (Å²) in [4.78, 5) is 1.44. The van der Waals surface area contributed by atoms with Crippen LogP contribution in [0.3, 0.4) is 0 Å². The maximum atomic E-state index is 3.64. The molecule has 1 N–H and O–H groups in total. The topological polar surface area (TPSA) is 12.0 Å². The van der Waals surface area contributed by atoms with Crippen molar-refractivity contribution in [2.45, 2.75) is 11.8 Å². The van der Waals surface area contributed by atoms with Crippen molar-refractivity contribution in [3.8, 4) is 0 Å². The predicted molar refractivity (Wildman–Crippen MR) is 84.4 cm³/mol. The number of benzene rings is 1. The summed E-state index contributed by atoms with van der Waals surface area (Å²) in [6.45, 7) is 2.13. The van der Waals surface area contributed by atoms with E-state index in [1.807, 2.05) is 11.3 Å². The number of hydrogen-bond donors (Lipinski definition) is 1. The Labute approximate surface area is 128 Å². The molecule has 1 aromatic carbocycles. The van der Waals surface area contributed by atoms with E-state index in [1.54, 1.807) is 0 Å². The summed E-state index contributed by atoms with van der Waals surface area (Å²) < 4.78 is 2.41. The first-order valence-electron chi connectivity index (χ1n) is 5.88. The van der Waals surface area contributed by atoms with Crippen molar-refractivity contribution in [3.05, 3.63) is 55.1 Å². The number of nitrogens with one attached hydrogen (secondary N) is 1. The molecule has 1 saturated heterocycles. The van der Waals surface area contributed by atoms with Crippen LogP contribution >= 0.6 is 43.2 Å². The van der Waals surface area contributed by atoms with Crippen molar-refractivity contribution >= 4 is 43.2 Å². The van der Waals surface area contributed by atoms with Gasteiger partial charge in [-0.2, -0.15) is 0 Å². The molecule has 4 heteroatoms. The first-order chi connectivity index (χ1) is 8.70. The number of thiophene rings is 1. The van der Waals surface area contributed by atoms with Gasteiger partial charge in [-0.05, 0) is 51.5 Å². The van der Waals surface area contributed by atoms with Crippen molar-refractivity contribution in [2.24, 2.45) is 0 Å². The van der Waals surface area contributed by atoms with Crippen LogP contribution in [0.1, 0.15) is 10.4 Å². The molecule has 2 heterocycles. The highest BCUT2D eigenvalue weighted by atomic mass is 79.9. The molecule has 3 rings (SSSR count). The van der Waals surface area contributed by atoms with Crippen molar-refractivity contribution in [3.63, 3.8) is 0 Å². The normalized spacial score (nSPS) is 17.4. The molecule has 0 atom stereocenters. The highest BCUT2D eigenvalue weighted by molar-refractivity contribution is 9.10. The van der Waals surface area contributed by atoms with Crippen LogP contribution in [-0.4, -0.2) is 13.1 Å². The minimum atomic E-state index is 0.261. The first-order valence-corrected chi connectivity index (χ1v) is 8.35. The Bertz CT molecular complexity index is 560. The molecule has 0 aliphatic carbocycles. The zero-order valence-corrected chi connectivity index (χ0v) is 13.7. The van der Waals surface area contributed by atoms with Gasteiger partial charge in [0.15, 0.2) is 0 Å². The van der Waals surface area contributed by atoms with Crippen LogP contribution in [0.15, 0.2) is 44.7 Å². The summed E-state index contributed by atoms with van der Waals surface area (Å²) in [6, 6.07) is 10.9. The van der Waals surface area contributed by atoms with Crippen molar-refractivity contribution in [1.82, 2.24) is 5.32 Å². The van der Waals surface area contributed by atoms with E-state index >= 15 is 0 Å². The minimum Gasteiger partial charge on any atom is -0.315 e. The van der Waals surface area contributed by atoms with Gasteiger partial charge in [0.1, 0.15) is 0 Å². The maximum Gasteiger partial charge on any atom is 0.0314 e. The van der Waals surface area contributed by atoms with E-state index in [9.17, 15) is 0 Å². The van der Waals surface area contributed by atoms with E-state index in [-0.39, 0.29) is 5.41 Å². The van der Waals surface area contributed by atoms with Gasteiger partial charge in [-0.1, -0.05) is 28.1 Å². The first kappa shape index (κ1) is 12.9. The fourth-order valence-corrected chi connectivity index (χ4v) is 4.47. The molecule has 94 valence electrons. The molecule has 1 fully saturated rings. The zero-order chi connectivity index (χ0) is 12.6. The summed E-state index contributed by atoms with van der Waals surface area (Å²) in [7, 11) is 0. The molecule has 18 heavy (non-hydrogen) atoms. The fourth-order valence-electron chi connectivity index (χ4n) is 2.43. The Balaban J connectivity index is 1.93. The van der Waals surface area contributed by atoms with Crippen LogP contribution in [0.5, 0.6) is 0 Å². The monoisotopic (exact) mass is 385 g/mol. The summed E-state index contributed by atoms with van der Waals surface area (Å²) in [5.41, 5.74) is 1.69. The van der Waals surface area contributed by atoms with Crippen molar-refractivity contribution in [2.75, 3.05) is 13.1 Å². The summed E-state index contributed by atoms with van der Waals surface area (Å²) in [5, 5.41) is 5.58. The minimum absolute atomic E-state index is 0.261. The van der Waals surface area contributed by atoms with Crippen molar-refractivity contribution in [1.29, 1.82) is 0 Å². The maximum absolute atomic E-state index is 3.64. The number of rotatable bonds is 3. The Kier molecular flexibility index (Phi) is 3.63. The van der Waals surface area contributed by atoms with Gasteiger partial charge in [0.05, 0.1) is 0 Å². The van der Waals surface area contributed by atoms with E-state index in [2.05, 4.69) is 72.9 Å². The molecular formula is C14H13Br2NS. The average Bonchev–Trinajstić information content (AvgIpc) is 2.69. The van der Waals surface area contributed by atoms with Gasteiger partial charge in [0.25, 0.3) is 0 Å². The largest absolute Gasteiger partial charge is 0.315 e. The molecule has 0 bridgehead atoms. The van der Waals surface area contributed by atoms with E-state index in [0.29, 0.717) is 0 Å². The molecule has 1 aliphatic heterocycles. The average molecular weight is 387 g/mol. The van der Waals surface area contributed by atoms with Crippen LogP contribution < -0.4 is 5.32 Å². The van der Waals surface area contributed by atoms with Gasteiger partial charge in [0, 0.05) is 32.3 Å². The molecular weight excluding hydrogens is 374 g/mol. The lowest BCUT2D eigenvalue weighted by Crippen LogP contribution is -2.58. The lowest BCUT2D eigenvalue weighted by molar-refractivity contribution is 0.276. The lowest BCUT2D eigenvalue weighted by atomic mass is 9.72. The number of hydrogen-bond acceptors (Lipinski definition) is 2. The van der Waals surface area contributed by atoms with E-state index in [0.717, 1.165) is 24.0 Å². The van der Waals surface area contributed by atoms with Gasteiger partial charge < -0.3 is 5.32 Å². The van der Waals surface area contributed by atoms with Gasteiger partial charge in [-0.15, -0.1) is 11.3 Å². The summed E-state index contributed by atoms with van der Waals surface area (Å²) in [6.07, 6.45) is 1.11. The molecule has 2 aromatic rings. The number of halogens is 2. The SMILES string of the molecule is Brc1cccc(C2(Cc3sccc3Br)CNC2)c1. The van der Waals surface area contributed by atoms with Gasteiger partial charge in [0.2, 0.25) is 0 Å². The molecule has 0 radical (unpaired) electrons. The van der Waals surface area contributed by atoms with E-state index in [1.165, 1.54) is 14.9 Å². The van der Waals surface area contributed by atoms with Crippen molar-refractivity contribution < 1.29 is 0 Å². The second kappa shape index (κ2) is 5.08. The highest BCUT2D eigenvalue weighted by Crippen LogP contribution is 2.37. The molecule has 0 saturated carbocycles. The van der Waals surface area contributed by atoms with Gasteiger partial charge >= 0.3 is 0 Å². The molecule has 0 amide bonds. The van der Waals surface area contributed by atoms with Crippen LogP contribution in [0, 0.1) is 0 Å². The van der Waals surface area contributed by atoms with Crippen LogP contribution in [0.4, 0.5) is 0 Å². The summed E-state index contributed by atoms with van der Waals surface area (Å²) in [5.74, 6) is 0. The third kappa shape index (κ3) is 2.31. The van der Waals surface area contributed by atoms with E-state index < -0.39 is 0 Å². The molecule has 0 spiro atoms. The summed E-state index contributed by atoms with van der Waals surface area (Å²) >= 11 is 9.05. The smallest absolute Gasteiger partial charge is 0.0314 e. The van der Waals surface area contributed by atoms with Crippen LogP contribution in [0.2, 0.25) is 0 Å². The Hall–Kier alpha value is -0.160. The quantitative estimate of drug-likeness (QED) is 0.826. The zero-order valence-electron chi connectivity index (χ0n) is 9.75. The Morgan fingerprint density at radius 1 is 1.22 bits per heavy atom. The molecule has 1 nitrogen and oxygen atoms in total. The fraction of sp³-hybridized carbons (Fsp3) is 0.286. The third-order valence-electron chi connectivity index (χ3n) is 3.55. The predicted octanol–water partition coefficient (Wildman–Crippen LogP) is 4.36. The highest BCUT2D eigenvalue weighted by Gasteiger charge is 2.39. The van der Waals surface area contributed by atoms with Gasteiger partial charge in [-0.25, -0.2) is 0 Å². The standard InChI is InChI=1S/C14H13Br2NS/c15-11-3-1-2-10(6-11)14(8-17-9-14)7-13-12(16)4-5-18-13/h1-6,17H,7-9H2. The Morgan fingerprint density at radius 2 is 2.06 bits per heavy atom. The second-order valence-electron chi connectivity index (χ2n) is 4.76. The van der Waals surface area contributed by atoms with E-state index in [4.69, 9.17) is 0 Å². The van der Waals surface area contributed by atoms with Gasteiger partial charge in [-0.3, -0.25) is 0 Å². The molecule has 0 unspecified atom stereocenters. The molecule has 1 aliphatic rings. The Morgan fingerprint density at radius 3 is 2.61 bits per heavy atom.